The van der Waals surface area contributed by atoms with Crippen LogP contribution in [0.1, 0.15) is 43.5 Å². The number of amides is 1. The summed E-state index contributed by atoms with van der Waals surface area (Å²) >= 11 is 1.26. The number of para-hydroxylation sites is 2. The van der Waals surface area contributed by atoms with Crippen LogP contribution in [0.25, 0.3) is 6.08 Å². The second-order valence-corrected chi connectivity index (χ2v) is 10.8. The lowest BCUT2D eigenvalue weighted by atomic mass is 9.94. The Morgan fingerprint density at radius 1 is 1.02 bits per heavy atom. The topological polar surface area (TPSA) is 73.1 Å². The van der Waals surface area contributed by atoms with E-state index in [4.69, 9.17) is 14.5 Å². The predicted molar refractivity (Wildman–Crippen MR) is 162 cm³/mol. The van der Waals surface area contributed by atoms with Crippen LogP contribution in [-0.4, -0.2) is 35.6 Å². The summed E-state index contributed by atoms with van der Waals surface area (Å²) in [5, 5.41) is 0. The Morgan fingerprint density at radius 3 is 2.38 bits per heavy atom. The van der Waals surface area contributed by atoms with E-state index in [9.17, 15) is 14.0 Å². The van der Waals surface area contributed by atoms with Gasteiger partial charge in [0, 0.05) is 24.2 Å². The molecule has 1 unspecified atom stereocenters. The Kier molecular flexibility index (Phi) is 8.68. The first-order valence-electron chi connectivity index (χ1n) is 13.8. The van der Waals surface area contributed by atoms with Gasteiger partial charge >= 0.3 is 0 Å². The number of ether oxygens (including phenoxy) is 2. The van der Waals surface area contributed by atoms with Gasteiger partial charge in [-0.25, -0.2) is 9.38 Å². The monoisotopic (exact) mass is 585 g/mol. The van der Waals surface area contributed by atoms with Crippen LogP contribution >= 0.6 is 11.3 Å². The van der Waals surface area contributed by atoms with Gasteiger partial charge in [0.25, 0.3) is 11.5 Å². The normalized spacial score (nSPS) is 14.8. The van der Waals surface area contributed by atoms with E-state index >= 15 is 0 Å². The molecular formula is C33H32FN3O4S. The third-order valence-corrected chi connectivity index (χ3v) is 8.23. The molecule has 2 heterocycles. The number of hydrogen-bond acceptors (Lipinski definition) is 6. The number of fused-ring (bicyclic) bond motifs is 1. The molecule has 0 radical (unpaired) electrons. The molecule has 1 aromatic heterocycles. The highest BCUT2D eigenvalue weighted by molar-refractivity contribution is 7.07. The van der Waals surface area contributed by atoms with Gasteiger partial charge in [-0.3, -0.25) is 14.2 Å². The fourth-order valence-corrected chi connectivity index (χ4v) is 6.11. The molecule has 0 saturated heterocycles. The van der Waals surface area contributed by atoms with Crippen LogP contribution in [0.3, 0.4) is 0 Å². The number of carbonyl (C=O) groups is 1. The van der Waals surface area contributed by atoms with E-state index < -0.39 is 6.04 Å². The Balaban J connectivity index is 1.63. The summed E-state index contributed by atoms with van der Waals surface area (Å²) in [4.78, 5) is 34.9. The van der Waals surface area contributed by atoms with E-state index in [-0.39, 0.29) is 23.9 Å². The molecule has 0 bridgehead atoms. The van der Waals surface area contributed by atoms with Gasteiger partial charge in [-0.1, -0.05) is 59.9 Å². The van der Waals surface area contributed by atoms with Crippen molar-refractivity contribution in [1.29, 1.82) is 0 Å². The highest BCUT2D eigenvalue weighted by atomic mass is 32.1. The number of benzene rings is 3. The molecule has 1 aliphatic rings. The minimum atomic E-state index is -0.711. The molecule has 4 aromatic rings. The van der Waals surface area contributed by atoms with Crippen molar-refractivity contribution in [2.45, 2.75) is 33.4 Å². The minimum absolute atomic E-state index is 0.161. The van der Waals surface area contributed by atoms with Crippen molar-refractivity contribution in [3.8, 4) is 11.5 Å². The zero-order valence-corrected chi connectivity index (χ0v) is 24.8. The first kappa shape index (κ1) is 29.0. The van der Waals surface area contributed by atoms with Crippen molar-refractivity contribution in [2.75, 3.05) is 20.2 Å². The van der Waals surface area contributed by atoms with E-state index in [1.807, 2.05) is 69.3 Å². The van der Waals surface area contributed by atoms with Crippen molar-refractivity contribution in [2.24, 2.45) is 4.99 Å². The van der Waals surface area contributed by atoms with Gasteiger partial charge in [-0.05, 0) is 56.7 Å². The van der Waals surface area contributed by atoms with Crippen molar-refractivity contribution in [3.63, 3.8) is 0 Å². The maximum Gasteiger partial charge on any atom is 0.271 e. The number of thiazole rings is 1. The fraction of sp³-hybridized carbons (Fsp3) is 0.242. The highest BCUT2D eigenvalue weighted by Crippen LogP contribution is 2.36. The van der Waals surface area contributed by atoms with Gasteiger partial charge in [0.2, 0.25) is 0 Å². The molecule has 0 N–H and O–H groups in total. The van der Waals surface area contributed by atoms with Crippen LogP contribution in [0.4, 0.5) is 4.39 Å². The van der Waals surface area contributed by atoms with Crippen LogP contribution in [0, 0.1) is 5.82 Å². The minimum Gasteiger partial charge on any atom is -0.496 e. The Labute approximate surface area is 247 Å². The summed E-state index contributed by atoms with van der Waals surface area (Å²) < 4.78 is 27.1. The van der Waals surface area contributed by atoms with Crippen LogP contribution < -0.4 is 24.4 Å². The van der Waals surface area contributed by atoms with Crippen molar-refractivity contribution in [1.82, 2.24) is 9.47 Å². The van der Waals surface area contributed by atoms with E-state index in [0.29, 0.717) is 56.3 Å². The second kappa shape index (κ2) is 12.6. The Bertz CT molecular complexity index is 1820. The maximum atomic E-state index is 14.1. The van der Waals surface area contributed by atoms with Crippen LogP contribution in [0.2, 0.25) is 0 Å². The summed E-state index contributed by atoms with van der Waals surface area (Å²) in [5.74, 6) is 0.697. The van der Waals surface area contributed by atoms with Crippen molar-refractivity contribution in [3.05, 3.63) is 126 Å². The number of hydrogen-bond donors (Lipinski definition) is 0. The molecule has 5 rings (SSSR count). The lowest BCUT2D eigenvalue weighted by Crippen LogP contribution is -2.43. The van der Waals surface area contributed by atoms with Crippen LogP contribution in [-0.2, 0) is 11.4 Å². The zero-order valence-electron chi connectivity index (χ0n) is 24.0. The van der Waals surface area contributed by atoms with E-state index in [1.165, 1.54) is 23.5 Å². The van der Waals surface area contributed by atoms with Gasteiger partial charge in [0.05, 0.1) is 22.9 Å². The number of carbonyl (C=O) groups excluding carboxylic acids is 1. The van der Waals surface area contributed by atoms with Gasteiger partial charge < -0.3 is 14.4 Å². The highest BCUT2D eigenvalue weighted by Gasteiger charge is 2.35. The summed E-state index contributed by atoms with van der Waals surface area (Å²) in [6.07, 6.45) is 1.79. The number of allylic oxidation sites excluding steroid dienone is 1. The number of aromatic nitrogens is 1. The maximum absolute atomic E-state index is 14.1. The summed E-state index contributed by atoms with van der Waals surface area (Å²) in [6.45, 7) is 6.99. The van der Waals surface area contributed by atoms with Crippen LogP contribution in [0.5, 0.6) is 11.5 Å². The number of rotatable bonds is 9. The fourth-order valence-electron chi connectivity index (χ4n) is 5.08. The standard InChI is InChI=1S/C33H32FN3O4S/c1-5-36(6-2)32(39)29-21(3)35-33-37(30(29)25-12-8-10-14-27(25)40-4)31(38)28(42-33)19-23-11-7-9-13-26(23)41-20-22-15-17-24(34)18-16-22/h7-19,30H,5-6,20H2,1-4H3. The number of halogens is 1. The molecule has 0 spiro atoms. The number of likely N-dealkylation sites (N-methyl/N-ethyl adjacent to an activating group) is 1. The molecular weight excluding hydrogens is 553 g/mol. The second-order valence-electron chi connectivity index (χ2n) is 9.75. The van der Waals surface area contributed by atoms with E-state index in [0.717, 1.165) is 5.56 Å². The van der Waals surface area contributed by atoms with Gasteiger partial charge in [0.1, 0.15) is 30.0 Å². The van der Waals surface area contributed by atoms with E-state index in [2.05, 4.69) is 0 Å². The molecule has 42 heavy (non-hydrogen) atoms. The van der Waals surface area contributed by atoms with Gasteiger partial charge in [-0.15, -0.1) is 0 Å². The third-order valence-electron chi connectivity index (χ3n) is 7.25. The molecule has 0 fully saturated rings. The predicted octanol–water partition coefficient (Wildman–Crippen LogP) is 4.83. The average molecular weight is 586 g/mol. The first-order valence-corrected chi connectivity index (χ1v) is 14.6. The van der Waals surface area contributed by atoms with Crippen LogP contribution in [0.15, 0.2) is 93.9 Å². The number of methoxy groups -OCH3 is 1. The van der Waals surface area contributed by atoms with Gasteiger partial charge in [-0.2, -0.15) is 0 Å². The van der Waals surface area contributed by atoms with Crippen molar-refractivity contribution >= 4 is 23.3 Å². The first-order chi connectivity index (χ1) is 20.4. The summed E-state index contributed by atoms with van der Waals surface area (Å²) in [7, 11) is 1.58. The van der Waals surface area contributed by atoms with E-state index in [1.54, 1.807) is 34.8 Å². The SMILES string of the molecule is CCN(CC)C(=O)C1=C(C)N=c2sc(=Cc3ccccc3OCc3ccc(F)cc3)c(=O)n2C1c1ccccc1OC. The third kappa shape index (κ3) is 5.65. The molecule has 0 saturated carbocycles. The zero-order chi connectivity index (χ0) is 29.8. The lowest BCUT2D eigenvalue weighted by molar-refractivity contribution is -0.127. The van der Waals surface area contributed by atoms with Gasteiger partial charge in [0.15, 0.2) is 4.80 Å². The summed E-state index contributed by atoms with van der Waals surface area (Å²) in [5.41, 5.74) is 3.00. The molecule has 9 heteroatoms. The van der Waals surface area contributed by atoms with Crippen molar-refractivity contribution < 1.29 is 18.7 Å². The average Bonchev–Trinajstić information content (AvgIpc) is 3.31. The molecule has 216 valence electrons. The summed E-state index contributed by atoms with van der Waals surface area (Å²) in [6, 6.07) is 20.3. The number of nitrogens with zero attached hydrogens (tertiary/aromatic N) is 3. The Hall–Kier alpha value is -4.50. The quantitative estimate of drug-likeness (QED) is 0.282. The molecule has 0 aliphatic carbocycles. The molecule has 3 aromatic carbocycles. The molecule has 1 atom stereocenters. The lowest BCUT2D eigenvalue weighted by Gasteiger charge is -2.29. The molecule has 1 aliphatic heterocycles. The Morgan fingerprint density at radius 2 is 1.69 bits per heavy atom. The molecule has 7 nitrogen and oxygen atoms in total. The smallest absolute Gasteiger partial charge is 0.271 e. The largest absolute Gasteiger partial charge is 0.496 e. The molecule has 1 amide bonds.